The number of nitrogens with one attached hydrogen (secondary N) is 1. The second-order valence-electron chi connectivity index (χ2n) is 6.49. The number of likely N-dealkylation sites (N-methyl/N-ethyl adjacent to an activating group) is 1. The third kappa shape index (κ3) is 5.67. The van der Waals surface area contributed by atoms with Gasteiger partial charge in [-0.05, 0) is 38.1 Å². The smallest absolute Gasteiger partial charge is 0.317 e. The monoisotopic (exact) mass is 285 g/mol. The van der Waals surface area contributed by atoms with Crippen molar-refractivity contribution in [2.45, 2.75) is 39.7 Å². The number of nitrogens with zero attached hydrogens (tertiary/aromatic N) is 2. The Hall–Kier alpha value is -0.810. The number of hydrogen-bond donors (Lipinski definition) is 2. The Bertz CT molecular complexity index is 297. The summed E-state index contributed by atoms with van der Waals surface area (Å²) in [4.78, 5) is 16.0. The fourth-order valence-corrected chi connectivity index (χ4v) is 2.68. The van der Waals surface area contributed by atoms with Crippen LogP contribution in [0.15, 0.2) is 0 Å². The van der Waals surface area contributed by atoms with Crippen LogP contribution in [0.4, 0.5) is 4.79 Å². The lowest BCUT2D eigenvalue weighted by Gasteiger charge is -2.34. The van der Waals surface area contributed by atoms with Gasteiger partial charge >= 0.3 is 6.03 Å². The van der Waals surface area contributed by atoms with E-state index in [1.165, 1.54) is 19.4 Å². The molecule has 0 saturated carbocycles. The van der Waals surface area contributed by atoms with Gasteiger partial charge in [-0.25, -0.2) is 4.79 Å². The zero-order chi connectivity index (χ0) is 15.1. The average molecular weight is 285 g/mol. The maximum atomic E-state index is 11.9. The molecule has 5 heteroatoms. The molecule has 2 atom stereocenters. The van der Waals surface area contributed by atoms with Crippen LogP contribution in [0.25, 0.3) is 0 Å². The summed E-state index contributed by atoms with van der Waals surface area (Å²) >= 11 is 0. The van der Waals surface area contributed by atoms with Gasteiger partial charge in [-0.2, -0.15) is 0 Å². The molecule has 5 nitrogen and oxygen atoms in total. The summed E-state index contributed by atoms with van der Waals surface area (Å²) in [5, 5.41) is 12.1. The number of amides is 2. The lowest BCUT2D eigenvalue weighted by atomic mass is 9.97. The van der Waals surface area contributed by atoms with Crippen molar-refractivity contribution in [3.05, 3.63) is 0 Å². The number of aliphatic hydroxyl groups is 1. The minimum absolute atomic E-state index is 0.00445. The fourth-order valence-electron chi connectivity index (χ4n) is 2.68. The number of carbonyl (C=O) groups is 1. The quantitative estimate of drug-likeness (QED) is 0.775. The van der Waals surface area contributed by atoms with Gasteiger partial charge in [0.15, 0.2) is 0 Å². The van der Waals surface area contributed by atoms with Gasteiger partial charge in [0.25, 0.3) is 0 Å². The van der Waals surface area contributed by atoms with E-state index in [2.05, 4.69) is 24.1 Å². The topological polar surface area (TPSA) is 55.8 Å². The van der Waals surface area contributed by atoms with E-state index in [9.17, 15) is 4.79 Å². The molecule has 1 heterocycles. The first-order chi connectivity index (χ1) is 9.43. The second kappa shape index (κ2) is 8.47. The Balaban J connectivity index is 2.32. The van der Waals surface area contributed by atoms with Crippen molar-refractivity contribution >= 4 is 6.03 Å². The average Bonchev–Trinajstić information content (AvgIpc) is 2.42. The van der Waals surface area contributed by atoms with Crippen LogP contribution < -0.4 is 5.32 Å². The summed E-state index contributed by atoms with van der Waals surface area (Å²) in [6.07, 6.45) is 2.41. The van der Waals surface area contributed by atoms with Crippen LogP contribution in [0.1, 0.15) is 33.6 Å². The lowest BCUT2D eigenvalue weighted by Crippen LogP contribution is -2.47. The highest BCUT2D eigenvalue weighted by Crippen LogP contribution is 2.16. The van der Waals surface area contributed by atoms with Crippen LogP contribution in [-0.4, -0.2) is 66.8 Å². The summed E-state index contributed by atoms with van der Waals surface area (Å²) in [5.74, 6) is 1.24. The Morgan fingerprint density at radius 3 is 2.75 bits per heavy atom. The van der Waals surface area contributed by atoms with Gasteiger partial charge in [-0.3, -0.25) is 0 Å². The number of carbonyl (C=O) groups excluding carboxylic acids is 1. The van der Waals surface area contributed by atoms with E-state index in [0.717, 1.165) is 19.6 Å². The molecule has 0 aromatic heterocycles. The summed E-state index contributed by atoms with van der Waals surface area (Å²) in [7, 11) is 1.72. The van der Waals surface area contributed by atoms with Gasteiger partial charge in [-0.1, -0.05) is 13.8 Å². The molecule has 2 amide bonds. The standard InChI is InChI=1S/C15H31N3O2/c1-12(2)9-18-7-5-6-14(10-18)8-16-15(20)17(4)13(3)11-19/h12-14,19H,5-11H2,1-4H3,(H,16,20). The highest BCUT2D eigenvalue weighted by Gasteiger charge is 2.22. The third-order valence-electron chi connectivity index (χ3n) is 4.01. The van der Waals surface area contributed by atoms with Gasteiger partial charge in [0, 0.05) is 26.7 Å². The molecule has 0 aliphatic carbocycles. The predicted molar refractivity (Wildman–Crippen MR) is 81.7 cm³/mol. The van der Waals surface area contributed by atoms with E-state index in [1.54, 1.807) is 11.9 Å². The summed E-state index contributed by atoms with van der Waals surface area (Å²) in [5.41, 5.74) is 0. The molecule has 20 heavy (non-hydrogen) atoms. The maximum absolute atomic E-state index is 11.9. The first-order valence-corrected chi connectivity index (χ1v) is 7.77. The van der Waals surface area contributed by atoms with Crippen molar-refractivity contribution in [1.29, 1.82) is 0 Å². The zero-order valence-corrected chi connectivity index (χ0v) is 13.4. The Morgan fingerprint density at radius 2 is 2.15 bits per heavy atom. The summed E-state index contributed by atoms with van der Waals surface area (Å²) in [6.45, 7) is 10.5. The highest BCUT2D eigenvalue weighted by molar-refractivity contribution is 5.74. The number of aliphatic hydroxyl groups excluding tert-OH is 1. The molecule has 118 valence electrons. The molecule has 1 rings (SSSR count). The molecule has 1 saturated heterocycles. The molecule has 0 bridgehead atoms. The molecule has 1 aliphatic rings. The molecule has 2 unspecified atom stereocenters. The van der Waals surface area contributed by atoms with E-state index < -0.39 is 0 Å². The predicted octanol–water partition coefficient (Wildman–Crippen LogP) is 1.38. The first kappa shape index (κ1) is 17.2. The highest BCUT2D eigenvalue weighted by atomic mass is 16.3. The van der Waals surface area contributed by atoms with E-state index >= 15 is 0 Å². The zero-order valence-electron chi connectivity index (χ0n) is 13.4. The molecule has 2 N–H and O–H groups in total. The second-order valence-corrected chi connectivity index (χ2v) is 6.49. The number of rotatable bonds is 6. The van der Waals surface area contributed by atoms with Gasteiger partial charge in [-0.15, -0.1) is 0 Å². The molecule has 0 aromatic rings. The summed E-state index contributed by atoms with van der Waals surface area (Å²) in [6, 6.07) is -0.230. The van der Waals surface area contributed by atoms with Crippen molar-refractivity contribution in [3.63, 3.8) is 0 Å². The molecule has 0 spiro atoms. The van der Waals surface area contributed by atoms with Crippen LogP contribution in [0.3, 0.4) is 0 Å². The van der Waals surface area contributed by atoms with Crippen molar-refractivity contribution in [2.75, 3.05) is 39.8 Å². The first-order valence-electron chi connectivity index (χ1n) is 7.77. The molecular weight excluding hydrogens is 254 g/mol. The van der Waals surface area contributed by atoms with Gasteiger partial charge in [0.05, 0.1) is 12.6 Å². The summed E-state index contributed by atoms with van der Waals surface area (Å²) < 4.78 is 0. The van der Waals surface area contributed by atoms with Gasteiger partial charge in [0.2, 0.25) is 0 Å². The largest absolute Gasteiger partial charge is 0.394 e. The Labute approximate surface area is 123 Å². The number of urea groups is 1. The Kier molecular flexibility index (Phi) is 7.30. The maximum Gasteiger partial charge on any atom is 0.317 e. The number of piperidine rings is 1. The number of hydrogen-bond acceptors (Lipinski definition) is 3. The molecule has 0 aromatic carbocycles. The minimum Gasteiger partial charge on any atom is -0.394 e. The minimum atomic E-state index is -0.140. The molecule has 1 aliphatic heterocycles. The van der Waals surface area contributed by atoms with E-state index in [0.29, 0.717) is 11.8 Å². The molecular formula is C15H31N3O2. The third-order valence-corrected chi connectivity index (χ3v) is 4.01. The van der Waals surface area contributed by atoms with E-state index in [-0.39, 0.29) is 18.7 Å². The lowest BCUT2D eigenvalue weighted by molar-refractivity contribution is 0.143. The molecule has 0 radical (unpaired) electrons. The van der Waals surface area contributed by atoms with E-state index in [4.69, 9.17) is 5.11 Å². The van der Waals surface area contributed by atoms with Crippen molar-refractivity contribution in [1.82, 2.24) is 15.1 Å². The molecule has 1 fully saturated rings. The van der Waals surface area contributed by atoms with Crippen LogP contribution in [0, 0.1) is 11.8 Å². The van der Waals surface area contributed by atoms with Crippen molar-refractivity contribution in [3.8, 4) is 0 Å². The number of likely N-dealkylation sites (tertiary alicyclic amines) is 1. The van der Waals surface area contributed by atoms with Crippen LogP contribution in [0.5, 0.6) is 0 Å². The van der Waals surface area contributed by atoms with Gasteiger partial charge in [0.1, 0.15) is 0 Å². The normalized spacial score (nSPS) is 21.8. The van der Waals surface area contributed by atoms with Crippen molar-refractivity contribution < 1.29 is 9.90 Å². The van der Waals surface area contributed by atoms with Crippen molar-refractivity contribution in [2.24, 2.45) is 11.8 Å². The SMILES string of the molecule is CC(C)CN1CCCC(CNC(=O)N(C)C(C)CO)C1. The van der Waals surface area contributed by atoms with Crippen LogP contribution in [-0.2, 0) is 0 Å². The van der Waals surface area contributed by atoms with Crippen LogP contribution >= 0.6 is 0 Å². The Morgan fingerprint density at radius 1 is 1.45 bits per heavy atom. The van der Waals surface area contributed by atoms with Gasteiger partial charge < -0.3 is 20.2 Å². The fraction of sp³-hybridized carbons (Fsp3) is 0.933. The van der Waals surface area contributed by atoms with Crippen LogP contribution in [0.2, 0.25) is 0 Å². The van der Waals surface area contributed by atoms with E-state index in [1.807, 2.05) is 6.92 Å².